The summed E-state index contributed by atoms with van der Waals surface area (Å²) < 4.78 is 13.5. The first-order valence-corrected chi connectivity index (χ1v) is 6.25. The molecule has 2 rings (SSSR count). The van der Waals surface area contributed by atoms with Crippen molar-refractivity contribution >= 4 is 0 Å². The van der Waals surface area contributed by atoms with Crippen LogP contribution in [0.2, 0.25) is 0 Å². The molecule has 2 unspecified atom stereocenters. The molecule has 0 heterocycles. The van der Waals surface area contributed by atoms with Crippen LogP contribution in [0, 0.1) is 17.7 Å². The minimum Gasteiger partial charge on any atom is -0.317 e. The molecule has 0 aliphatic heterocycles. The number of nitrogens with one attached hydrogen (secondary N) is 1. The van der Waals surface area contributed by atoms with Gasteiger partial charge in [0.2, 0.25) is 0 Å². The van der Waals surface area contributed by atoms with Crippen molar-refractivity contribution in [1.82, 2.24) is 5.32 Å². The largest absolute Gasteiger partial charge is 0.317 e. The number of benzene rings is 1. The first-order chi connectivity index (χ1) is 7.81. The molecule has 2 atom stereocenters. The molecule has 1 aliphatic carbocycles. The highest BCUT2D eigenvalue weighted by molar-refractivity contribution is 5.18. The van der Waals surface area contributed by atoms with E-state index >= 15 is 0 Å². The van der Waals surface area contributed by atoms with Gasteiger partial charge in [-0.25, -0.2) is 4.39 Å². The lowest BCUT2D eigenvalue weighted by atomic mass is 9.70. The second-order valence-corrected chi connectivity index (χ2v) is 4.70. The summed E-state index contributed by atoms with van der Waals surface area (Å²) in [5.41, 5.74) is 0.883. The lowest BCUT2D eigenvalue weighted by molar-refractivity contribution is 0.170. The minimum atomic E-state index is -0.0448. The SMILES string of the molecule is CCNCC1CCC1Cc1ccccc1F. The van der Waals surface area contributed by atoms with Gasteiger partial charge in [-0.1, -0.05) is 25.1 Å². The molecule has 0 spiro atoms. The molecule has 1 N–H and O–H groups in total. The average Bonchev–Trinajstić information content (AvgIpc) is 2.27. The lowest BCUT2D eigenvalue weighted by Gasteiger charge is -2.37. The molecule has 16 heavy (non-hydrogen) atoms. The minimum absolute atomic E-state index is 0.0448. The van der Waals surface area contributed by atoms with Crippen LogP contribution in [0.4, 0.5) is 4.39 Å². The van der Waals surface area contributed by atoms with Crippen molar-refractivity contribution in [2.45, 2.75) is 26.2 Å². The van der Waals surface area contributed by atoms with Gasteiger partial charge in [-0.15, -0.1) is 0 Å². The van der Waals surface area contributed by atoms with Crippen LogP contribution in [0.25, 0.3) is 0 Å². The van der Waals surface area contributed by atoms with Crippen LogP contribution in [0.15, 0.2) is 24.3 Å². The Labute approximate surface area is 97.1 Å². The van der Waals surface area contributed by atoms with E-state index in [1.54, 1.807) is 12.1 Å². The summed E-state index contributed by atoms with van der Waals surface area (Å²) in [4.78, 5) is 0. The number of hydrogen-bond donors (Lipinski definition) is 1. The maximum atomic E-state index is 13.5. The Morgan fingerprint density at radius 1 is 1.25 bits per heavy atom. The molecule has 88 valence electrons. The van der Waals surface area contributed by atoms with Gasteiger partial charge in [0, 0.05) is 0 Å². The molecule has 1 aliphatic rings. The zero-order valence-electron chi connectivity index (χ0n) is 9.88. The normalized spacial score (nSPS) is 24.1. The summed E-state index contributed by atoms with van der Waals surface area (Å²) in [6.45, 7) is 4.25. The Kier molecular flexibility index (Phi) is 3.94. The molecule has 1 aromatic rings. The van der Waals surface area contributed by atoms with Crippen LogP contribution in [-0.2, 0) is 6.42 Å². The molecule has 0 bridgehead atoms. The van der Waals surface area contributed by atoms with Crippen molar-refractivity contribution in [3.8, 4) is 0 Å². The van der Waals surface area contributed by atoms with Gasteiger partial charge in [0.05, 0.1) is 0 Å². The van der Waals surface area contributed by atoms with E-state index < -0.39 is 0 Å². The molecule has 0 amide bonds. The third-order valence-electron chi connectivity index (χ3n) is 3.67. The summed E-state index contributed by atoms with van der Waals surface area (Å²) >= 11 is 0. The van der Waals surface area contributed by atoms with Crippen molar-refractivity contribution in [3.63, 3.8) is 0 Å². The quantitative estimate of drug-likeness (QED) is 0.806. The molecule has 0 aromatic heterocycles. The number of rotatable bonds is 5. The fourth-order valence-electron chi connectivity index (χ4n) is 2.45. The third-order valence-corrected chi connectivity index (χ3v) is 3.67. The van der Waals surface area contributed by atoms with Gasteiger partial charge in [-0.05, 0) is 55.8 Å². The second-order valence-electron chi connectivity index (χ2n) is 4.70. The summed E-state index contributed by atoms with van der Waals surface area (Å²) in [5.74, 6) is 1.38. The van der Waals surface area contributed by atoms with Gasteiger partial charge in [0.25, 0.3) is 0 Å². The smallest absolute Gasteiger partial charge is 0.126 e. The van der Waals surface area contributed by atoms with Gasteiger partial charge in [0.1, 0.15) is 5.82 Å². The van der Waals surface area contributed by atoms with E-state index in [1.165, 1.54) is 12.8 Å². The van der Waals surface area contributed by atoms with E-state index in [9.17, 15) is 4.39 Å². The zero-order chi connectivity index (χ0) is 11.4. The van der Waals surface area contributed by atoms with Gasteiger partial charge in [0.15, 0.2) is 0 Å². The fraction of sp³-hybridized carbons (Fsp3) is 0.571. The number of halogens is 1. The maximum Gasteiger partial charge on any atom is 0.126 e. The summed E-state index contributed by atoms with van der Waals surface area (Å²) in [6, 6.07) is 7.16. The Hall–Kier alpha value is -0.890. The van der Waals surface area contributed by atoms with Crippen molar-refractivity contribution in [3.05, 3.63) is 35.6 Å². The van der Waals surface area contributed by atoms with Crippen LogP contribution in [-0.4, -0.2) is 13.1 Å². The fourth-order valence-corrected chi connectivity index (χ4v) is 2.45. The first-order valence-electron chi connectivity index (χ1n) is 6.25. The monoisotopic (exact) mass is 221 g/mol. The van der Waals surface area contributed by atoms with E-state index in [0.717, 1.165) is 31.0 Å². The van der Waals surface area contributed by atoms with E-state index in [1.807, 2.05) is 12.1 Å². The predicted octanol–water partition coefficient (Wildman–Crippen LogP) is 3.00. The van der Waals surface area contributed by atoms with Crippen LogP contribution in [0.3, 0.4) is 0 Å². The Balaban J connectivity index is 1.88. The summed E-state index contributed by atoms with van der Waals surface area (Å²) in [7, 11) is 0. The van der Waals surface area contributed by atoms with Crippen LogP contribution in [0.1, 0.15) is 25.3 Å². The van der Waals surface area contributed by atoms with Crippen molar-refractivity contribution < 1.29 is 4.39 Å². The van der Waals surface area contributed by atoms with Gasteiger partial charge in [-0.3, -0.25) is 0 Å². The summed E-state index contributed by atoms with van der Waals surface area (Å²) in [5, 5.41) is 3.39. The Bertz CT molecular complexity index is 337. The molecular weight excluding hydrogens is 201 g/mol. The van der Waals surface area contributed by atoms with Crippen LogP contribution >= 0.6 is 0 Å². The summed E-state index contributed by atoms with van der Waals surface area (Å²) in [6.07, 6.45) is 3.46. The lowest BCUT2D eigenvalue weighted by Crippen LogP contribution is -2.36. The van der Waals surface area contributed by atoms with Crippen molar-refractivity contribution in [1.29, 1.82) is 0 Å². The molecule has 0 saturated heterocycles. The molecule has 1 aromatic carbocycles. The van der Waals surface area contributed by atoms with E-state index in [-0.39, 0.29) is 5.82 Å². The highest BCUT2D eigenvalue weighted by Crippen LogP contribution is 2.36. The molecule has 2 heteroatoms. The highest BCUT2D eigenvalue weighted by Gasteiger charge is 2.30. The predicted molar refractivity (Wildman–Crippen MR) is 64.9 cm³/mol. The third kappa shape index (κ3) is 2.62. The number of hydrogen-bond acceptors (Lipinski definition) is 1. The van der Waals surface area contributed by atoms with Gasteiger partial charge < -0.3 is 5.32 Å². The highest BCUT2D eigenvalue weighted by atomic mass is 19.1. The zero-order valence-corrected chi connectivity index (χ0v) is 9.88. The maximum absolute atomic E-state index is 13.5. The first kappa shape index (κ1) is 11.6. The standard InChI is InChI=1S/C14H20FN/c1-2-16-10-13-8-7-11(13)9-12-5-3-4-6-14(12)15/h3-6,11,13,16H,2,7-10H2,1H3. The molecule has 1 fully saturated rings. The molecule has 1 saturated carbocycles. The average molecular weight is 221 g/mol. The van der Waals surface area contributed by atoms with E-state index in [4.69, 9.17) is 0 Å². The van der Waals surface area contributed by atoms with E-state index in [2.05, 4.69) is 12.2 Å². The van der Waals surface area contributed by atoms with E-state index in [0.29, 0.717) is 5.92 Å². The van der Waals surface area contributed by atoms with Gasteiger partial charge >= 0.3 is 0 Å². The molecule has 0 radical (unpaired) electrons. The van der Waals surface area contributed by atoms with Crippen molar-refractivity contribution in [2.24, 2.45) is 11.8 Å². The van der Waals surface area contributed by atoms with Crippen LogP contribution in [0.5, 0.6) is 0 Å². The van der Waals surface area contributed by atoms with Gasteiger partial charge in [-0.2, -0.15) is 0 Å². The van der Waals surface area contributed by atoms with Crippen molar-refractivity contribution in [2.75, 3.05) is 13.1 Å². The topological polar surface area (TPSA) is 12.0 Å². The Morgan fingerprint density at radius 3 is 2.62 bits per heavy atom. The Morgan fingerprint density at radius 2 is 2.00 bits per heavy atom. The second kappa shape index (κ2) is 5.44. The van der Waals surface area contributed by atoms with Crippen LogP contribution < -0.4 is 5.32 Å². The molecular formula is C14H20FN. The molecule has 1 nitrogen and oxygen atoms in total.